The highest BCUT2D eigenvalue weighted by molar-refractivity contribution is 5.85. The first-order chi connectivity index (χ1) is 4.79. The molecule has 0 fully saturated rings. The predicted octanol–water partition coefficient (Wildman–Crippen LogP) is -0.267. The highest BCUT2D eigenvalue weighted by Crippen LogP contribution is 1.75. The maximum atomic E-state index is 10.3. The number of halogens is 1. The zero-order valence-corrected chi connectivity index (χ0v) is 6.67. The Balaban J connectivity index is 0.000001000. The molecule has 60 valence electrons. The fraction of sp³-hybridized carbons (Fsp3) is 0.143. The fourth-order valence-electron chi connectivity index (χ4n) is 0.706. The van der Waals surface area contributed by atoms with E-state index < -0.39 is 5.90 Å². The van der Waals surface area contributed by atoms with E-state index in [0.717, 1.165) is 0 Å². The number of pyridine rings is 1. The van der Waals surface area contributed by atoms with Crippen molar-refractivity contribution >= 4 is 18.3 Å². The molecule has 0 bridgehead atoms. The largest absolute Gasteiger partial charge is 0.858 e. The molecule has 0 amide bonds. The molecule has 4 heteroatoms. The van der Waals surface area contributed by atoms with Gasteiger partial charge in [0.1, 0.15) is 0 Å². The minimum absolute atomic E-state index is 0. The third kappa shape index (κ3) is 3.57. The van der Waals surface area contributed by atoms with Crippen molar-refractivity contribution in [1.29, 1.82) is 5.41 Å². The third-order valence-corrected chi connectivity index (χ3v) is 1.10. The molecule has 0 saturated carbocycles. The molecule has 0 aliphatic rings. The lowest BCUT2D eigenvalue weighted by Crippen LogP contribution is -2.40. The van der Waals surface area contributed by atoms with Crippen LogP contribution in [0, 0.1) is 5.41 Å². The molecule has 1 rings (SSSR count). The molecular weight excluding hydrogens is 164 g/mol. The van der Waals surface area contributed by atoms with Gasteiger partial charge in [0.25, 0.3) is 0 Å². The summed E-state index contributed by atoms with van der Waals surface area (Å²) in [5.74, 6) is -0.573. The summed E-state index contributed by atoms with van der Waals surface area (Å²) in [7, 11) is 0. The Hall–Kier alpha value is -1.09. The van der Waals surface area contributed by atoms with Crippen LogP contribution < -0.4 is 9.67 Å². The van der Waals surface area contributed by atoms with Gasteiger partial charge in [-0.15, -0.1) is 12.4 Å². The average Bonchev–Trinajstić information content (AvgIpc) is 1.88. The smallest absolute Gasteiger partial charge is 0.176 e. The van der Waals surface area contributed by atoms with E-state index in [2.05, 4.69) is 0 Å². The van der Waals surface area contributed by atoms with Crippen LogP contribution >= 0.6 is 12.4 Å². The summed E-state index contributed by atoms with van der Waals surface area (Å²) in [5, 5.41) is 16.9. The van der Waals surface area contributed by atoms with E-state index in [4.69, 9.17) is 5.41 Å². The summed E-state index contributed by atoms with van der Waals surface area (Å²) < 4.78 is 1.66. The number of nitrogens with zero attached hydrogens (tertiary/aromatic N) is 1. The number of rotatable bonds is 2. The van der Waals surface area contributed by atoms with Gasteiger partial charge in [-0.1, -0.05) is 6.07 Å². The topological polar surface area (TPSA) is 50.8 Å². The molecule has 0 unspecified atom stereocenters. The number of hydrogen-bond donors (Lipinski definition) is 1. The molecule has 0 aromatic carbocycles. The molecule has 0 aliphatic carbocycles. The zero-order valence-electron chi connectivity index (χ0n) is 5.86. The van der Waals surface area contributed by atoms with Gasteiger partial charge in [-0.25, -0.2) is 4.57 Å². The van der Waals surface area contributed by atoms with Gasteiger partial charge >= 0.3 is 0 Å². The first-order valence-electron chi connectivity index (χ1n) is 2.97. The van der Waals surface area contributed by atoms with Crippen LogP contribution in [-0.4, -0.2) is 5.90 Å². The lowest BCUT2D eigenvalue weighted by atomic mass is 10.5. The zero-order chi connectivity index (χ0) is 7.40. The SMILES string of the molecule is Cl.N=C([O-])C[n+]1ccccc1. The normalized spacial score (nSPS) is 8.36. The second-order valence-electron chi connectivity index (χ2n) is 1.97. The standard InChI is InChI=1S/C7H8N2O.ClH/c8-7(10)6-9-4-2-1-3-5-9;/h1-5H,6H2,(H-,8,10);1H. The van der Waals surface area contributed by atoms with E-state index in [-0.39, 0.29) is 19.0 Å². The van der Waals surface area contributed by atoms with E-state index in [1.807, 2.05) is 18.2 Å². The Morgan fingerprint density at radius 1 is 1.27 bits per heavy atom. The Bertz CT molecular complexity index is 225. The summed E-state index contributed by atoms with van der Waals surface area (Å²) >= 11 is 0. The molecule has 1 N–H and O–H groups in total. The minimum atomic E-state index is -0.573. The van der Waals surface area contributed by atoms with E-state index in [9.17, 15) is 5.11 Å². The molecule has 1 aromatic rings. The molecule has 0 spiro atoms. The quantitative estimate of drug-likeness (QED) is 0.373. The van der Waals surface area contributed by atoms with Crippen molar-refractivity contribution < 1.29 is 9.67 Å². The van der Waals surface area contributed by atoms with Crippen LogP contribution in [0.1, 0.15) is 0 Å². The van der Waals surface area contributed by atoms with Crippen molar-refractivity contribution in [1.82, 2.24) is 0 Å². The van der Waals surface area contributed by atoms with Gasteiger partial charge in [0, 0.05) is 18.0 Å². The van der Waals surface area contributed by atoms with Gasteiger partial charge < -0.3 is 10.5 Å². The Morgan fingerprint density at radius 2 is 1.82 bits per heavy atom. The summed E-state index contributed by atoms with van der Waals surface area (Å²) in [4.78, 5) is 0. The van der Waals surface area contributed by atoms with Crippen molar-refractivity contribution in [3.63, 3.8) is 0 Å². The van der Waals surface area contributed by atoms with E-state index >= 15 is 0 Å². The summed E-state index contributed by atoms with van der Waals surface area (Å²) in [5.41, 5.74) is 0. The van der Waals surface area contributed by atoms with Crippen molar-refractivity contribution in [2.45, 2.75) is 6.54 Å². The Kier molecular flexibility index (Phi) is 4.22. The van der Waals surface area contributed by atoms with Crippen molar-refractivity contribution in [3.05, 3.63) is 30.6 Å². The molecular formula is C7H9ClN2O. The lowest BCUT2D eigenvalue weighted by molar-refractivity contribution is -0.687. The van der Waals surface area contributed by atoms with Crippen LogP contribution in [0.2, 0.25) is 0 Å². The van der Waals surface area contributed by atoms with Crippen molar-refractivity contribution in [2.24, 2.45) is 0 Å². The Morgan fingerprint density at radius 3 is 2.27 bits per heavy atom. The molecule has 3 nitrogen and oxygen atoms in total. The van der Waals surface area contributed by atoms with Gasteiger partial charge in [-0.05, 0) is 0 Å². The second kappa shape index (κ2) is 4.68. The first kappa shape index (κ1) is 9.91. The summed E-state index contributed by atoms with van der Waals surface area (Å²) in [6.07, 6.45) is 3.51. The van der Waals surface area contributed by atoms with E-state index in [0.29, 0.717) is 0 Å². The first-order valence-corrected chi connectivity index (χ1v) is 2.97. The number of nitrogens with one attached hydrogen (secondary N) is 1. The molecule has 1 aromatic heterocycles. The van der Waals surface area contributed by atoms with Crippen LogP contribution in [0.15, 0.2) is 30.6 Å². The molecule has 0 saturated heterocycles. The van der Waals surface area contributed by atoms with Crippen molar-refractivity contribution in [2.75, 3.05) is 0 Å². The highest BCUT2D eigenvalue weighted by Gasteiger charge is 1.92. The van der Waals surface area contributed by atoms with Gasteiger partial charge in [0.15, 0.2) is 18.9 Å². The van der Waals surface area contributed by atoms with Crippen LogP contribution in [0.5, 0.6) is 0 Å². The average molecular weight is 173 g/mol. The second-order valence-corrected chi connectivity index (χ2v) is 1.97. The summed E-state index contributed by atoms with van der Waals surface area (Å²) in [6, 6.07) is 5.51. The molecule has 0 atom stereocenters. The fourth-order valence-corrected chi connectivity index (χ4v) is 0.706. The number of aromatic nitrogens is 1. The maximum absolute atomic E-state index is 10.3. The third-order valence-electron chi connectivity index (χ3n) is 1.10. The highest BCUT2D eigenvalue weighted by atomic mass is 35.5. The molecule has 1 heterocycles. The Labute approximate surface area is 71.2 Å². The number of hydrogen-bond acceptors (Lipinski definition) is 2. The van der Waals surface area contributed by atoms with Crippen LogP contribution in [-0.2, 0) is 6.54 Å². The van der Waals surface area contributed by atoms with Crippen LogP contribution in [0.25, 0.3) is 0 Å². The monoisotopic (exact) mass is 172 g/mol. The van der Waals surface area contributed by atoms with Crippen LogP contribution in [0.3, 0.4) is 0 Å². The lowest BCUT2D eigenvalue weighted by Gasteiger charge is -2.00. The minimum Gasteiger partial charge on any atom is -0.858 e. The van der Waals surface area contributed by atoms with Gasteiger partial charge in [0.05, 0.1) is 0 Å². The van der Waals surface area contributed by atoms with Crippen LogP contribution in [0.4, 0.5) is 0 Å². The van der Waals surface area contributed by atoms with Gasteiger partial charge in [-0.3, -0.25) is 0 Å². The van der Waals surface area contributed by atoms with Crippen molar-refractivity contribution in [3.8, 4) is 0 Å². The van der Waals surface area contributed by atoms with E-state index in [1.54, 1.807) is 17.0 Å². The molecule has 0 aliphatic heterocycles. The van der Waals surface area contributed by atoms with Gasteiger partial charge in [-0.2, -0.15) is 0 Å². The maximum Gasteiger partial charge on any atom is 0.176 e. The van der Waals surface area contributed by atoms with Gasteiger partial charge in [0.2, 0.25) is 0 Å². The molecule has 0 radical (unpaired) electrons. The molecule has 11 heavy (non-hydrogen) atoms. The van der Waals surface area contributed by atoms with E-state index in [1.165, 1.54) is 0 Å². The summed E-state index contributed by atoms with van der Waals surface area (Å²) in [6.45, 7) is 0.140. The predicted molar refractivity (Wildman–Crippen MR) is 41.6 cm³/mol.